The Kier molecular flexibility index (Phi) is 4.35. The highest BCUT2D eigenvalue weighted by molar-refractivity contribution is 5.81. The molecule has 1 aliphatic heterocycles. The normalized spacial score (nSPS) is 15.3. The summed E-state index contributed by atoms with van der Waals surface area (Å²) < 4.78 is 11.0. The molecule has 0 spiro atoms. The van der Waals surface area contributed by atoms with Crippen molar-refractivity contribution in [3.8, 4) is 17.3 Å². The van der Waals surface area contributed by atoms with Gasteiger partial charge in [-0.25, -0.2) is 0 Å². The molecule has 1 saturated heterocycles. The van der Waals surface area contributed by atoms with E-state index in [1.165, 1.54) is 0 Å². The second kappa shape index (κ2) is 6.95. The number of benzene rings is 1. The fourth-order valence-electron chi connectivity index (χ4n) is 2.83. The molecule has 1 aliphatic rings. The summed E-state index contributed by atoms with van der Waals surface area (Å²) in [5, 5.41) is 3.97. The fraction of sp³-hybridized carbons (Fsp3) is 0.263. The molecule has 0 radical (unpaired) electrons. The molecule has 0 aliphatic carbocycles. The number of likely N-dealkylation sites (tertiary alicyclic amines) is 1. The topological polar surface area (TPSA) is 81.4 Å². The van der Waals surface area contributed by atoms with Crippen LogP contribution in [0.4, 0.5) is 0 Å². The number of carbonyl (C=O) groups is 1. The molecule has 3 heterocycles. The maximum Gasteiger partial charge on any atom is 0.263 e. The molecule has 1 amide bonds. The van der Waals surface area contributed by atoms with Gasteiger partial charge in [-0.05, 0) is 31.2 Å². The zero-order chi connectivity index (χ0) is 17.9. The average Bonchev–Trinajstić information content (AvgIpc) is 3.11. The summed E-state index contributed by atoms with van der Waals surface area (Å²) >= 11 is 0. The Hall–Kier alpha value is -3.22. The van der Waals surface area contributed by atoms with Crippen molar-refractivity contribution in [2.45, 2.75) is 18.9 Å². The number of amides is 1. The van der Waals surface area contributed by atoms with E-state index in [0.29, 0.717) is 36.2 Å². The standard InChI is InChI=1S/C19H18N4O3/c1-13(25-15-7-3-2-4-8-15)19(24)23-11-14(12-23)18-21-17(22-26-18)16-9-5-6-10-20-16/h2-10,13-14H,11-12H2,1H3. The van der Waals surface area contributed by atoms with Gasteiger partial charge in [0.15, 0.2) is 6.10 Å². The third kappa shape index (κ3) is 3.28. The summed E-state index contributed by atoms with van der Waals surface area (Å²) in [6.45, 7) is 2.85. The number of hydrogen-bond acceptors (Lipinski definition) is 6. The van der Waals surface area contributed by atoms with Gasteiger partial charge < -0.3 is 14.2 Å². The van der Waals surface area contributed by atoms with Crippen molar-refractivity contribution in [3.05, 3.63) is 60.6 Å². The van der Waals surface area contributed by atoms with E-state index in [9.17, 15) is 4.79 Å². The van der Waals surface area contributed by atoms with Gasteiger partial charge in [-0.3, -0.25) is 9.78 Å². The van der Waals surface area contributed by atoms with E-state index in [1.54, 1.807) is 18.0 Å². The Labute approximate surface area is 150 Å². The Morgan fingerprint density at radius 1 is 1.19 bits per heavy atom. The van der Waals surface area contributed by atoms with E-state index in [-0.39, 0.29) is 11.8 Å². The van der Waals surface area contributed by atoms with Crippen LogP contribution in [-0.4, -0.2) is 45.1 Å². The lowest BCUT2D eigenvalue weighted by atomic mass is 9.99. The van der Waals surface area contributed by atoms with Gasteiger partial charge >= 0.3 is 0 Å². The first-order valence-corrected chi connectivity index (χ1v) is 8.46. The lowest BCUT2D eigenvalue weighted by Crippen LogP contribution is -2.52. The molecule has 2 aromatic heterocycles. The third-order valence-corrected chi connectivity index (χ3v) is 4.28. The van der Waals surface area contributed by atoms with Crippen LogP contribution in [0.1, 0.15) is 18.7 Å². The molecule has 3 aromatic rings. The van der Waals surface area contributed by atoms with E-state index in [2.05, 4.69) is 15.1 Å². The van der Waals surface area contributed by atoms with Crippen molar-refractivity contribution >= 4 is 5.91 Å². The van der Waals surface area contributed by atoms with Crippen LogP contribution in [0.15, 0.2) is 59.3 Å². The van der Waals surface area contributed by atoms with Gasteiger partial charge in [-0.1, -0.05) is 29.4 Å². The Morgan fingerprint density at radius 3 is 2.69 bits per heavy atom. The van der Waals surface area contributed by atoms with Crippen molar-refractivity contribution in [3.63, 3.8) is 0 Å². The van der Waals surface area contributed by atoms with Crippen LogP contribution >= 0.6 is 0 Å². The smallest absolute Gasteiger partial charge is 0.263 e. The second-order valence-corrected chi connectivity index (χ2v) is 6.18. The lowest BCUT2D eigenvalue weighted by molar-refractivity contribution is -0.142. The molecule has 26 heavy (non-hydrogen) atoms. The van der Waals surface area contributed by atoms with Crippen molar-refractivity contribution in [2.75, 3.05) is 13.1 Å². The van der Waals surface area contributed by atoms with Gasteiger partial charge in [0.25, 0.3) is 5.91 Å². The van der Waals surface area contributed by atoms with Crippen LogP contribution in [0.5, 0.6) is 5.75 Å². The number of nitrogens with zero attached hydrogens (tertiary/aromatic N) is 4. The van der Waals surface area contributed by atoms with Gasteiger partial charge in [-0.15, -0.1) is 0 Å². The molecular weight excluding hydrogens is 332 g/mol. The molecule has 1 aromatic carbocycles. The zero-order valence-corrected chi connectivity index (χ0v) is 14.3. The molecule has 7 nitrogen and oxygen atoms in total. The van der Waals surface area contributed by atoms with Crippen LogP contribution in [0.3, 0.4) is 0 Å². The number of pyridine rings is 1. The lowest BCUT2D eigenvalue weighted by Gasteiger charge is -2.38. The number of aromatic nitrogens is 3. The monoisotopic (exact) mass is 350 g/mol. The van der Waals surface area contributed by atoms with E-state index < -0.39 is 6.10 Å². The van der Waals surface area contributed by atoms with Crippen LogP contribution in [0, 0.1) is 0 Å². The minimum atomic E-state index is -0.537. The van der Waals surface area contributed by atoms with Crippen molar-refractivity contribution in [1.29, 1.82) is 0 Å². The van der Waals surface area contributed by atoms with Gasteiger partial charge in [0.1, 0.15) is 11.4 Å². The first-order chi connectivity index (χ1) is 12.7. The molecule has 7 heteroatoms. The Bertz CT molecular complexity index is 876. The molecule has 4 rings (SSSR count). The third-order valence-electron chi connectivity index (χ3n) is 4.28. The SMILES string of the molecule is CC(Oc1ccccc1)C(=O)N1CC(c2nc(-c3ccccn3)no2)C1. The van der Waals surface area contributed by atoms with Crippen LogP contribution in [0.25, 0.3) is 11.5 Å². The highest BCUT2D eigenvalue weighted by Crippen LogP contribution is 2.28. The van der Waals surface area contributed by atoms with Gasteiger partial charge in [0.2, 0.25) is 11.7 Å². The number of carbonyl (C=O) groups excluding carboxylic acids is 1. The molecular formula is C19H18N4O3. The number of rotatable bonds is 5. The molecule has 0 N–H and O–H groups in total. The minimum Gasteiger partial charge on any atom is -0.481 e. The number of para-hydroxylation sites is 1. The predicted octanol–water partition coefficient (Wildman–Crippen LogP) is 2.52. The summed E-state index contributed by atoms with van der Waals surface area (Å²) in [6, 6.07) is 14.9. The largest absolute Gasteiger partial charge is 0.481 e. The van der Waals surface area contributed by atoms with E-state index in [4.69, 9.17) is 9.26 Å². The minimum absolute atomic E-state index is 0.0467. The molecule has 1 unspecified atom stereocenters. The van der Waals surface area contributed by atoms with Gasteiger partial charge in [-0.2, -0.15) is 4.98 Å². The molecule has 0 bridgehead atoms. The van der Waals surface area contributed by atoms with Crippen molar-refractivity contribution in [1.82, 2.24) is 20.0 Å². The number of hydrogen-bond donors (Lipinski definition) is 0. The summed E-state index contributed by atoms with van der Waals surface area (Å²) in [4.78, 5) is 22.8. The quantitative estimate of drug-likeness (QED) is 0.703. The van der Waals surface area contributed by atoms with Crippen LogP contribution in [-0.2, 0) is 4.79 Å². The maximum absolute atomic E-state index is 12.5. The van der Waals surface area contributed by atoms with Gasteiger partial charge in [0, 0.05) is 19.3 Å². The van der Waals surface area contributed by atoms with E-state index >= 15 is 0 Å². The zero-order valence-electron chi connectivity index (χ0n) is 14.3. The molecule has 0 saturated carbocycles. The van der Waals surface area contributed by atoms with Crippen molar-refractivity contribution in [2.24, 2.45) is 0 Å². The number of ether oxygens (including phenoxy) is 1. The second-order valence-electron chi connectivity index (χ2n) is 6.18. The highest BCUT2D eigenvalue weighted by Gasteiger charge is 2.37. The molecule has 132 valence electrons. The summed E-state index contributed by atoms with van der Waals surface area (Å²) in [5.41, 5.74) is 0.666. The van der Waals surface area contributed by atoms with Crippen molar-refractivity contribution < 1.29 is 14.1 Å². The Morgan fingerprint density at radius 2 is 1.96 bits per heavy atom. The average molecular weight is 350 g/mol. The van der Waals surface area contributed by atoms with E-state index in [1.807, 2.05) is 48.5 Å². The van der Waals surface area contributed by atoms with E-state index in [0.717, 1.165) is 0 Å². The van der Waals surface area contributed by atoms with Gasteiger partial charge in [0.05, 0.1) is 5.92 Å². The van der Waals surface area contributed by atoms with Crippen LogP contribution in [0.2, 0.25) is 0 Å². The fourth-order valence-corrected chi connectivity index (χ4v) is 2.83. The Balaban J connectivity index is 1.34. The summed E-state index contributed by atoms with van der Waals surface area (Å²) in [5.74, 6) is 1.68. The predicted molar refractivity (Wildman–Crippen MR) is 93.4 cm³/mol. The highest BCUT2D eigenvalue weighted by atomic mass is 16.5. The summed E-state index contributed by atoms with van der Waals surface area (Å²) in [6.07, 6.45) is 1.15. The summed E-state index contributed by atoms with van der Waals surface area (Å²) in [7, 11) is 0. The maximum atomic E-state index is 12.5. The first-order valence-electron chi connectivity index (χ1n) is 8.46. The first kappa shape index (κ1) is 16.3. The van der Waals surface area contributed by atoms with Crippen LogP contribution < -0.4 is 4.74 Å². The molecule has 1 atom stereocenters. The molecule has 1 fully saturated rings.